The Balaban J connectivity index is 2.12. The van der Waals surface area contributed by atoms with Crippen molar-refractivity contribution in [2.24, 2.45) is 7.05 Å². The number of hydrogen-bond acceptors (Lipinski definition) is 7. The van der Waals surface area contributed by atoms with Gasteiger partial charge in [0.25, 0.3) is 11.4 Å². The summed E-state index contributed by atoms with van der Waals surface area (Å²) in [5.41, 5.74) is -5.19. The van der Waals surface area contributed by atoms with Crippen molar-refractivity contribution in [2.75, 3.05) is 0 Å². The van der Waals surface area contributed by atoms with Crippen LogP contribution in [0.25, 0.3) is 5.69 Å². The highest BCUT2D eigenvalue weighted by molar-refractivity contribution is 6.32. The zero-order valence-corrected chi connectivity index (χ0v) is 18.0. The highest BCUT2D eigenvalue weighted by Crippen LogP contribution is 2.36. The Hall–Kier alpha value is -3.87. The monoisotopic (exact) mass is 502 g/mol. The van der Waals surface area contributed by atoms with E-state index in [0.717, 1.165) is 13.1 Å². The first kappa shape index (κ1) is 24.8. The Morgan fingerprint density at radius 3 is 2.50 bits per heavy atom. The van der Waals surface area contributed by atoms with Crippen LogP contribution in [0.15, 0.2) is 46.1 Å². The summed E-state index contributed by atoms with van der Waals surface area (Å²) in [5, 5.41) is 10.6. The minimum Gasteiger partial charge on any atom is -0.546 e. The van der Waals surface area contributed by atoms with Crippen LogP contribution in [-0.2, 0) is 18.0 Å². The standard InChI is InChI=1S/C20H14ClF4N3O6/c1-9(18(30)31)33-17-13(4-3-5-26-17)34-14-7-12(11(22)6-10(14)21)28-16(29)8-15(20(23,24)25)27(2)19(28)32/h3-9H,1-2H3,(H,30,31)/p-1. The number of carboxylic acid groups (broad SMARTS) is 1. The van der Waals surface area contributed by atoms with E-state index in [4.69, 9.17) is 21.1 Å². The maximum atomic E-state index is 14.6. The normalized spacial score (nSPS) is 12.3. The van der Waals surface area contributed by atoms with Gasteiger partial charge in [-0.25, -0.2) is 18.7 Å². The second kappa shape index (κ2) is 9.17. The van der Waals surface area contributed by atoms with Gasteiger partial charge in [0, 0.05) is 25.4 Å². The molecule has 0 aliphatic rings. The fourth-order valence-corrected chi connectivity index (χ4v) is 2.95. The number of carbonyl (C=O) groups excluding carboxylic acids is 1. The number of pyridine rings is 1. The molecule has 14 heteroatoms. The third kappa shape index (κ3) is 4.88. The lowest BCUT2D eigenvalue weighted by Crippen LogP contribution is -2.41. The molecule has 0 aliphatic carbocycles. The van der Waals surface area contributed by atoms with Crippen LogP contribution in [-0.4, -0.2) is 26.2 Å². The number of alkyl halides is 3. The molecule has 3 aromatic rings. The lowest BCUT2D eigenvalue weighted by Gasteiger charge is -2.18. The second-order valence-corrected chi connectivity index (χ2v) is 7.17. The van der Waals surface area contributed by atoms with Crippen molar-refractivity contribution >= 4 is 17.6 Å². The Bertz CT molecular complexity index is 1390. The molecule has 1 atom stereocenters. The summed E-state index contributed by atoms with van der Waals surface area (Å²) in [4.78, 5) is 39.6. The van der Waals surface area contributed by atoms with E-state index in [1.807, 2.05) is 0 Å². The van der Waals surface area contributed by atoms with Gasteiger partial charge in [0.2, 0.25) is 0 Å². The largest absolute Gasteiger partial charge is 0.546 e. The van der Waals surface area contributed by atoms with Crippen molar-refractivity contribution in [2.45, 2.75) is 19.2 Å². The first-order valence-electron chi connectivity index (χ1n) is 9.21. The molecule has 0 saturated heterocycles. The molecule has 2 aromatic heterocycles. The Kier molecular flexibility index (Phi) is 6.68. The van der Waals surface area contributed by atoms with Gasteiger partial charge < -0.3 is 19.4 Å². The van der Waals surface area contributed by atoms with Gasteiger partial charge in [0.05, 0.1) is 16.7 Å². The van der Waals surface area contributed by atoms with E-state index in [9.17, 15) is 37.1 Å². The number of carboxylic acids is 1. The van der Waals surface area contributed by atoms with E-state index in [1.54, 1.807) is 0 Å². The lowest BCUT2D eigenvalue weighted by molar-refractivity contribution is -0.312. The Morgan fingerprint density at radius 1 is 1.21 bits per heavy atom. The maximum absolute atomic E-state index is 14.6. The van der Waals surface area contributed by atoms with E-state index >= 15 is 0 Å². The number of ether oxygens (including phenoxy) is 2. The predicted molar refractivity (Wildman–Crippen MR) is 107 cm³/mol. The molecule has 0 fully saturated rings. The highest BCUT2D eigenvalue weighted by atomic mass is 35.5. The van der Waals surface area contributed by atoms with Gasteiger partial charge in [-0.2, -0.15) is 13.2 Å². The molecule has 0 bridgehead atoms. The van der Waals surface area contributed by atoms with Gasteiger partial charge in [-0.05, 0) is 25.1 Å². The third-order valence-corrected chi connectivity index (χ3v) is 4.72. The van der Waals surface area contributed by atoms with Crippen LogP contribution < -0.4 is 25.8 Å². The van der Waals surface area contributed by atoms with Gasteiger partial charge in [-0.3, -0.25) is 9.36 Å². The van der Waals surface area contributed by atoms with Crippen molar-refractivity contribution in [3.05, 3.63) is 73.9 Å². The van der Waals surface area contributed by atoms with Crippen molar-refractivity contribution in [1.29, 1.82) is 0 Å². The number of rotatable bonds is 6. The molecule has 0 aliphatic heterocycles. The van der Waals surface area contributed by atoms with Crippen molar-refractivity contribution < 1.29 is 36.9 Å². The second-order valence-electron chi connectivity index (χ2n) is 6.76. The van der Waals surface area contributed by atoms with E-state index in [0.29, 0.717) is 6.07 Å². The van der Waals surface area contributed by atoms with Crippen molar-refractivity contribution in [3.8, 4) is 23.1 Å². The van der Waals surface area contributed by atoms with Crippen molar-refractivity contribution in [3.63, 3.8) is 0 Å². The number of aliphatic carboxylic acids is 1. The number of hydrogen-bond donors (Lipinski definition) is 0. The highest BCUT2D eigenvalue weighted by Gasteiger charge is 2.35. The lowest BCUT2D eigenvalue weighted by atomic mass is 10.2. The van der Waals surface area contributed by atoms with Crippen LogP contribution in [0.3, 0.4) is 0 Å². The number of halogens is 5. The first-order valence-corrected chi connectivity index (χ1v) is 9.59. The average Bonchev–Trinajstić information content (AvgIpc) is 2.74. The molecule has 0 amide bonds. The molecule has 1 aromatic carbocycles. The fourth-order valence-electron chi connectivity index (χ4n) is 2.76. The third-order valence-electron chi connectivity index (χ3n) is 4.43. The average molecular weight is 503 g/mol. The molecule has 0 N–H and O–H groups in total. The summed E-state index contributed by atoms with van der Waals surface area (Å²) in [6.07, 6.45) is -5.17. The van der Waals surface area contributed by atoms with Crippen LogP contribution in [0.2, 0.25) is 5.02 Å². The Labute approximate surface area is 192 Å². The molecule has 34 heavy (non-hydrogen) atoms. The Morgan fingerprint density at radius 2 is 1.88 bits per heavy atom. The topological polar surface area (TPSA) is 115 Å². The van der Waals surface area contributed by atoms with Gasteiger partial charge in [-0.1, -0.05) is 11.6 Å². The van der Waals surface area contributed by atoms with E-state index < -0.39 is 46.7 Å². The van der Waals surface area contributed by atoms with Crippen molar-refractivity contribution in [1.82, 2.24) is 14.1 Å². The zero-order chi connectivity index (χ0) is 25.4. The first-order chi connectivity index (χ1) is 15.8. The minimum absolute atomic E-state index is 0.143. The molecule has 1 unspecified atom stereocenters. The molecule has 0 spiro atoms. The summed E-state index contributed by atoms with van der Waals surface area (Å²) >= 11 is 5.99. The fraction of sp³-hybridized carbons (Fsp3) is 0.200. The number of carbonyl (C=O) groups is 1. The van der Waals surface area contributed by atoms with E-state index in [1.165, 1.54) is 25.3 Å². The molecule has 3 rings (SSSR count). The molecule has 2 heterocycles. The van der Waals surface area contributed by atoms with Gasteiger partial charge >= 0.3 is 11.9 Å². The van der Waals surface area contributed by atoms with Crippen LogP contribution in [0.4, 0.5) is 17.6 Å². The quantitative estimate of drug-likeness (QED) is 0.474. The summed E-state index contributed by atoms with van der Waals surface area (Å²) < 4.78 is 64.9. The molecule has 0 radical (unpaired) electrons. The number of aromatic nitrogens is 3. The molecular formula is C20H13ClF4N3O6-. The zero-order valence-electron chi connectivity index (χ0n) is 17.2. The number of nitrogens with zero attached hydrogens (tertiary/aromatic N) is 3. The molecule has 9 nitrogen and oxygen atoms in total. The van der Waals surface area contributed by atoms with E-state index in [-0.39, 0.29) is 37.6 Å². The van der Waals surface area contributed by atoms with Crippen LogP contribution >= 0.6 is 11.6 Å². The van der Waals surface area contributed by atoms with E-state index in [2.05, 4.69) is 4.98 Å². The minimum atomic E-state index is -5.00. The van der Waals surface area contributed by atoms with Gasteiger partial charge in [0.1, 0.15) is 23.4 Å². The van der Waals surface area contributed by atoms with Crippen LogP contribution in [0.5, 0.6) is 17.4 Å². The van der Waals surface area contributed by atoms with Crippen LogP contribution in [0.1, 0.15) is 12.6 Å². The van der Waals surface area contributed by atoms with Gasteiger partial charge in [0.15, 0.2) is 5.75 Å². The molecular weight excluding hydrogens is 490 g/mol. The SMILES string of the molecule is CC(Oc1ncccc1Oc1cc(-n2c(=O)cc(C(F)(F)F)n(C)c2=O)c(F)cc1Cl)C(=O)[O-]. The summed E-state index contributed by atoms with van der Waals surface area (Å²) in [7, 11) is 0.768. The summed E-state index contributed by atoms with van der Waals surface area (Å²) in [6.45, 7) is 1.17. The summed E-state index contributed by atoms with van der Waals surface area (Å²) in [6, 6.07) is 4.32. The molecule has 0 saturated carbocycles. The molecule has 180 valence electrons. The summed E-state index contributed by atoms with van der Waals surface area (Å²) in [5.74, 6) is -3.57. The van der Waals surface area contributed by atoms with Crippen LogP contribution in [0, 0.1) is 5.82 Å². The predicted octanol–water partition coefficient (Wildman–Crippen LogP) is 2.05. The smallest absolute Gasteiger partial charge is 0.431 e. The van der Waals surface area contributed by atoms with Gasteiger partial charge in [-0.15, -0.1) is 0 Å². The number of benzene rings is 1. The maximum Gasteiger partial charge on any atom is 0.431 e.